The van der Waals surface area contributed by atoms with Crippen LogP contribution in [-0.4, -0.2) is 42.3 Å². The zero-order chi connectivity index (χ0) is 17.1. The fourth-order valence-electron chi connectivity index (χ4n) is 3.20. The van der Waals surface area contributed by atoms with E-state index < -0.39 is 0 Å². The molecular weight excluding hydrogens is 276 g/mol. The molecule has 1 rings (SSSR count). The van der Waals surface area contributed by atoms with E-state index in [1.807, 2.05) is 39.6 Å². The van der Waals surface area contributed by atoms with Crippen molar-refractivity contribution >= 4 is 11.7 Å². The van der Waals surface area contributed by atoms with Crippen molar-refractivity contribution in [3.63, 3.8) is 0 Å². The fourth-order valence-corrected chi connectivity index (χ4v) is 3.20. The van der Waals surface area contributed by atoms with Crippen LogP contribution in [0.4, 0.5) is 4.79 Å². The van der Waals surface area contributed by atoms with Gasteiger partial charge in [-0.25, -0.2) is 9.79 Å². The monoisotopic (exact) mass is 309 g/mol. The first-order chi connectivity index (χ1) is 10.0. The predicted molar refractivity (Wildman–Crippen MR) is 91.6 cm³/mol. The predicted octanol–water partition coefficient (Wildman–Crippen LogP) is 0.857. The average molecular weight is 309 g/mol. The summed E-state index contributed by atoms with van der Waals surface area (Å²) in [7, 11) is 1.94. The van der Waals surface area contributed by atoms with Gasteiger partial charge < -0.3 is 16.0 Å². The van der Waals surface area contributed by atoms with E-state index in [0.717, 1.165) is 25.1 Å². The molecule has 1 heterocycles. The standard InChI is InChI=1S/C17H32N4O/c1-12(10-18)14(19-7)13-8-9-21(11-17(13,5)6)15(22)20-16(2,3)4/h10,13H,8-9,11,18H2,1-7H3,(H,20,22)/p+1/b12-10-,19-14?/t13-/m0/s1. The molecule has 0 unspecified atom stereocenters. The SMILES string of the molecule is C[NH+]=C(/C(C)=C\N)[C@@H]1CCN(C(=O)NC(C)(C)C)CC1(C)C. The van der Waals surface area contributed by atoms with E-state index in [4.69, 9.17) is 5.73 Å². The zero-order valence-corrected chi connectivity index (χ0v) is 15.2. The third-order valence-electron chi connectivity index (χ3n) is 4.29. The number of hydrogen-bond acceptors (Lipinski definition) is 2. The Morgan fingerprint density at radius 1 is 1.41 bits per heavy atom. The van der Waals surface area contributed by atoms with Crippen molar-refractivity contribution in [3.05, 3.63) is 11.8 Å². The normalized spacial score (nSPS) is 23.4. The van der Waals surface area contributed by atoms with Gasteiger partial charge in [0.15, 0.2) is 5.71 Å². The first-order valence-corrected chi connectivity index (χ1v) is 8.02. The van der Waals surface area contributed by atoms with Gasteiger partial charge in [-0.1, -0.05) is 13.8 Å². The molecule has 0 aromatic rings. The minimum Gasteiger partial charge on any atom is -0.404 e. The number of allylic oxidation sites excluding steroid dienone is 1. The molecule has 1 aliphatic rings. The lowest BCUT2D eigenvalue weighted by molar-refractivity contribution is -0.423. The Morgan fingerprint density at radius 2 is 2.00 bits per heavy atom. The summed E-state index contributed by atoms with van der Waals surface area (Å²) < 4.78 is 0. The molecule has 22 heavy (non-hydrogen) atoms. The van der Waals surface area contributed by atoms with Crippen LogP contribution >= 0.6 is 0 Å². The zero-order valence-electron chi connectivity index (χ0n) is 15.2. The molecule has 1 fully saturated rings. The number of nitrogens with two attached hydrogens (primary N) is 1. The van der Waals surface area contributed by atoms with Gasteiger partial charge in [0.1, 0.15) is 7.05 Å². The summed E-state index contributed by atoms with van der Waals surface area (Å²) in [4.78, 5) is 17.6. The van der Waals surface area contributed by atoms with Crippen molar-refractivity contribution in [2.45, 2.75) is 53.5 Å². The quantitative estimate of drug-likeness (QED) is 0.662. The Kier molecular flexibility index (Phi) is 5.65. The molecule has 126 valence electrons. The van der Waals surface area contributed by atoms with Crippen LogP contribution in [0.1, 0.15) is 48.0 Å². The Morgan fingerprint density at radius 3 is 2.41 bits per heavy atom. The van der Waals surface area contributed by atoms with Crippen molar-refractivity contribution in [2.75, 3.05) is 20.1 Å². The van der Waals surface area contributed by atoms with E-state index in [9.17, 15) is 4.79 Å². The highest BCUT2D eigenvalue weighted by Gasteiger charge is 2.43. The molecular formula is C17H33N4O+. The van der Waals surface area contributed by atoms with Crippen LogP contribution in [0.2, 0.25) is 0 Å². The molecule has 0 radical (unpaired) electrons. The number of urea groups is 1. The number of amides is 2. The Labute approximate surface area is 135 Å². The lowest BCUT2D eigenvalue weighted by Crippen LogP contribution is -2.72. The van der Waals surface area contributed by atoms with Crippen LogP contribution in [0.5, 0.6) is 0 Å². The van der Waals surface area contributed by atoms with Crippen LogP contribution in [0, 0.1) is 11.3 Å². The smallest absolute Gasteiger partial charge is 0.317 e. The van der Waals surface area contributed by atoms with Crippen LogP contribution in [-0.2, 0) is 0 Å². The van der Waals surface area contributed by atoms with Crippen LogP contribution in [0.15, 0.2) is 11.8 Å². The van der Waals surface area contributed by atoms with Gasteiger partial charge in [-0.2, -0.15) is 0 Å². The molecule has 0 aliphatic carbocycles. The van der Waals surface area contributed by atoms with Gasteiger partial charge in [0, 0.05) is 30.4 Å². The number of nitrogens with one attached hydrogen (secondary N) is 2. The van der Waals surface area contributed by atoms with Gasteiger partial charge in [-0.15, -0.1) is 0 Å². The highest BCUT2D eigenvalue weighted by molar-refractivity contribution is 5.97. The van der Waals surface area contributed by atoms with Crippen molar-refractivity contribution in [1.29, 1.82) is 0 Å². The van der Waals surface area contributed by atoms with Gasteiger partial charge in [-0.05, 0) is 39.5 Å². The number of carbonyl (C=O) groups excluding carboxylic acids is 1. The maximum absolute atomic E-state index is 12.4. The second-order valence-electron chi connectivity index (χ2n) is 7.94. The second kappa shape index (κ2) is 6.71. The molecule has 5 heteroatoms. The van der Waals surface area contributed by atoms with E-state index >= 15 is 0 Å². The number of likely N-dealkylation sites (tertiary alicyclic amines) is 1. The number of hydrogen-bond donors (Lipinski definition) is 3. The van der Waals surface area contributed by atoms with E-state index in [-0.39, 0.29) is 17.0 Å². The van der Waals surface area contributed by atoms with Crippen LogP contribution in [0.25, 0.3) is 0 Å². The molecule has 1 saturated heterocycles. The number of rotatable bonds is 2. The lowest BCUT2D eigenvalue weighted by Gasteiger charge is -2.44. The molecule has 0 aromatic carbocycles. The third kappa shape index (κ3) is 4.49. The number of nitrogens with zero attached hydrogens (tertiary/aromatic N) is 1. The fraction of sp³-hybridized carbons (Fsp3) is 0.765. The Bertz CT molecular complexity index is 472. The van der Waals surface area contributed by atoms with E-state index in [1.54, 1.807) is 6.20 Å². The van der Waals surface area contributed by atoms with Crippen LogP contribution < -0.4 is 16.0 Å². The molecule has 2 amide bonds. The number of piperidine rings is 1. The molecule has 0 spiro atoms. The Balaban J connectivity index is 2.88. The van der Waals surface area contributed by atoms with Gasteiger partial charge in [-0.3, -0.25) is 0 Å². The van der Waals surface area contributed by atoms with Crippen LogP contribution in [0.3, 0.4) is 0 Å². The molecule has 4 N–H and O–H groups in total. The summed E-state index contributed by atoms with van der Waals surface area (Å²) in [6.07, 6.45) is 2.59. The minimum atomic E-state index is -0.209. The maximum Gasteiger partial charge on any atom is 0.317 e. The van der Waals surface area contributed by atoms with E-state index in [1.165, 1.54) is 5.71 Å². The topological polar surface area (TPSA) is 72.3 Å². The molecule has 5 nitrogen and oxygen atoms in total. The molecule has 0 bridgehead atoms. The molecule has 1 aliphatic heterocycles. The van der Waals surface area contributed by atoms with Crippen molar-refractivity contribution in [3.8, 4) is 0 Å². The highest BCUT2D eigenvalue weighted by atomic mass is 16.2. The van der Waals surface area contributed by atoms with Gasteiger partial charge >= 0.3 is 6.03 Å². The molecule has 0 saturated carbocycles. The van der Waals surface area contributed by atoms with E-state index in [2.05, 4.69) is 24.2 Å². The maximum atomic E-state index is 12.4. The van der Waals surface area contributed by atoms with Crippen molar-refractivity contribution in [1.82, 2.24) is 10.2 Å². The summed E-state index contributed by atoms with van der Waals surface area (Å²) in [6.45, 7) is 14.0. The molecule has 0 aromatic heterocycles. The Hall–Kier alpha value is -1.52. The third-order valence-corrected chi connectivity index (χ3v) is 4.29. The summed E-state index contributed by atoms with van der Waals surface area (Å²) in [6, 6.07) is 0.0242. The lowest BCUT2D eigenvalue weighted by atomic mass is 9.70. The van der Waals surface area contributed by atoms with Crippen molar-refractivity contribution in [2.24, 2.45) is 17.1 Å². The van der Waals surface area contributed by atoms with Gasteiger partial charge in [0.25, 0.3) is 0 Å². The van der Waals surface area contributed by atoms with E-state index in [0.29, 0.717) is 5.92 Å². The summed E-state index contributed by atoms with van der Waals surface area (Å²) in [5.41, 5.74) is 7.74. The first kappa shape index (κ1) is 18.5. The second-order valence-corrected chi connectivity index (χ2v) is 7.94. The largest absolute Gasteiger partial charge is 0.404 e. The minimum absolute atomic E-state index is 0.00388. The number of carbonyl (C=O) groups is 1. The van der Waals surface area contributed by atoms with Crippen molar-refractivity contribution < 1.29 is 9.79 Å². The summed E-state index contributed by atoms with van der Waals surface area (Å²) in [5, 5.41) is 3.05. The first-order valence-electron chi connectivity index (χ1n) is 8.02. The van der Waals surface area contributed by atoms with Gasteiger partial charge in [0.2, 0.25) is 0 Å². The summed E-state index contributed by atoms with van der Waals surface area (Å²) in [5.74, 6) is 0.371. The molecule has 1 atom stereocenters. The van der Waals surface area contributed by atoms with Gasteiger partial charge in [0.05, 0.1) is 5.92 Å². The highest BCUT2D eigenvalue weighted by Crippen LogP contribution is 2.36. The average Bonchev–Trinajstić information content (AvgIpc) is 2.38. The summed E-state index contributed by atoms with van der Waals surface area (Å²) >= 11 is 0.